The van der Waals surface area contributed by atoms with Crippen molar-refractivity contribution in [3.63, 3.8) is 0 Å². The van der Waals surface area contributed by atoms with Gasteiger partial charge in [0.05, 0.1) is 12.0 Å². The second-order valence-corrected chi connectivity index (χ2v) is 7.30. The Morgan fingerprint density at radius 2 is 2.00 bits per heavy atom. The first kappa shape index (κ1) is 15.8. The second kappa shape index (κ2) is 6.57. The van der Waals surface area contributed by atoms with E-state index in [0.29, 0.717) is 45.1 Å². The minimum Gasteiger partial charge on any atom is -0.481 e. The van der Waals surface area contributed by atoms with Gasteiger partial charge in [-0.05, 0) is 18.8 Å². The molecule has 0 aromatic rings. The molecular formula is C17H27NO4. The average molecular weight is 309 g/mol. The molecule has 124 valence electrons. The van der Waals surface area contributed by atoms with Crippen LogP contribution in [0.3, 0.4) is 0 Å². The van der Waals surface area contributed by atoms with Gasteiger partial charge in [-0.25, -0.2) is 0 Å². The van der Waals surface area contributed by atoms with E-state index in [9.17, 15) is 14.7 Å². The predicted molar refractivity (Wildman–Crippen MR) is 81.4 cm³/mol. The molecule has 1 N–H and O–H groups in total. The molecule has 3 rings (SSSR count). The van der Waals surface area contributed by atoms with Gasteiger partial charge in [-0.3, -0.25) is 9.59 Å². The molecule has 1 amide bonds. The van der Waals surface area contributed by atoms with Crippen molar-refractivity contribution in [2.45, 2.75) is 51.4 Å². The largest absolute Gasteiger partial charge is 0.481 e. The molecule has 0 bridgehead atoms. The van der Waals surface area contributed by atoms with Crippen LogP contribution < -0.4 is 0 Å². The molecule has 1 saturated carbocycles. The maximum atomic E-state index is 12.5. The van der Waals surface area contributed by atoms with Crippen molar-refractivity contribution in [3.8, 4) is 0 Å². The van der Waals surface area contributed by atoms with Crippen LogP contribution in [0, 0.1) is 17.3 Å². The Kier molecular flexibility index (Phi) is 4.71. The number of amides is 1. The van der Waals surface area contributed by atoms with Crippen molar-refractivity contribution in [2.75, 3.05) is 26.3 Å². The van der Waals surface area contributed by atoms with E-state index < -0.39 is 11.4 Å². The first-order valence-electron chi connectivity index (χ1n) is 8.71. The monoisotopic (exact) mass is 309 g/mol. The third-order valence-electron chi connectivity index (χ3n) is 5.98. The highest BCUT2D eigenvalue weighted by Crippen LogP contribution is 2.42. The van der Waals surface area contributed by atoms with Crippen LogP contribution in [-0.4, -0.2) is 48.2 Å². The minimum absolute atomic E-state index is 0.0441. The van der Waals surface area contributed by atoms with E-state index in [2.05, 4.69) is 0 Å². The predicted octanol–water partition coefficient (Wildman–Crippen LogP) is 2.30. The number of carboxylic acid groups (broad SMARTS) is 1. The molecule has 22 heavy (non-hydrogen) atoms. The van der Waals surface area contributed by atoms with Gasteiger partial charge in [0.1, 0.15) is 0 Å². The summed E-state index contributed by atoms with van der Waals surface area (Å²) in [5.74, 6) is 0.0284. The van der Waals surface area contributed by atoms with Gasteiger partial charge in [0.15, 0.2) is 0 Å². The molecule has 5 heteroatoms. The fourth-order valence-corrected chi connectivity index (χ4v) is 4.45. The topological polar surface area (TPSA) is 66.8 Å². The molecule has 0 spiro atoms. The van der Waals surface area contributed by atoms with E-state index in [1.807, 2.05) is 0 Å². The summed E-state index contributed by atoms with van der Waals surface area (Å²) in [6, 6.07) is 0. The summed E-state index contributed by atoms with van der Waals surface area (Å²) in [7, 11) is 0. The standard InChI is InChI=1S/C17H27NO4/c19-15(7-6-13-4-2-1-3-5-13)18-10-14-11-22-9-8-17(14,12-18)16(20)21/h13-14H,1-12H2,(H,20,21)/t14-,17+/m0/s1. The normalized spacial score (nSPS) is 32.7. The quantitative estimate of drug-likeness (QED) is 0.865. The maximum Gasteiger partial charge on any atom is 0.311 e. The van der Waals surface area contributed by atoms with Crippen molar-refractivity contribution in [2.24, 2.45) is 17.3 Å². The van der Waals surface area contributed by atoms with Gasteiger partial charge < -0.3 is 14.7 Å². The zero-order chi connectivity index (χ0) is 15.6. The molecule has 5 nitrogen and oxygen atoms in total. The number of carbonyl (C=O) groups is 2. The molecule has 0 aromatic heterocycles. The second-order valence-electron chi connectivity index (χ2n) is 7.30. The summed E-state index contributed by atoms with van der Waals surface area (Å²) >= 11 is 0. The van der Waals surface area contributed by atoms with Gasteiger partial charge in [0.2, 0.25) is 5.91 Å². The minimum atomic E-state index is -0.765. The number of likely N-dealkylation sites (tertiary alicyclic amines) is 1. The fourth-order valence-electron chi connectivity index (χ4n) is 4.45. The lowest BCUT2D eigenvalue weighted by atomic mass is 9.74. The molecular weight excluding hydrogens is 282 g/mol. The van der Waals surface area contributed by atoms with Gasteiger partial charge in [0.25, 0.3) is 0 Å². The highest BCUT2D eigenvalue weighted by molar-refractivity contribution is 5.81. The van der Waals surface area contributed by atoms with Crippen LogP contribution in [0.15, 0.2) is 0 Å². The summed E-state index contributed by atoms with van der Waals surface area (Å²) in [4.78, 5) is 26.0. The molecule has 2 aliphatic heterocycles. The van der Waals surface area contributed by atoms with E-state index in [4.69, 9.17) is 4.74 Å². The fraction of sp³-hybridized carbons (Fsp3) is 0.882. The lowest BCUT2D eigenvalue weighted by Crippen LogP contribution is -2.45. The van der Waals surface area contributed by atoms with Crippen LogP contribution in [0.5, 0.6) is 0 Å². The molecule has 3 aliphatic rings. The van der Waals surface area contributed by atoms with Crippen LogP contribution in [0.25, 0.3) is 0 Å². The lowest BCUT2D eigenvalue weighted by Gasteiger charge is -2.33. The Morgan fingerprint density at radius 3 is 2.68 bits per heavy atom. The average Bonchev–Trinajstić information content (AvgIpc) is 2.95. The van der Waals surface area contributed by atoms with Crippen molar-refractivity contribution in [1.82, 2.24) is 4.90 Å². The SMILES string of the molecule is O=C(CCC1CCCCC1)N1C[C@H]2COCC[C@@]2(C(=O)O)C1. The van der Waals surface area contributed by atoms with E-state index in [0.717, 1.165) is 6.42 Å². The zero-order valence-electron chi connectivity index (χ0n) is 13.3. The Morgan fingerprint density at radius 1 is 1.23 bits per heavy atom. The van der Waals surface area contributed by atoms with E-state index in [1.165, 1.54) is 32.1 Å². The van der Waals surface area contributed by atoms with Crippen molar-refractivity contribution in [3.05, 3.63) is 0 Å². The highest BCUT2D eigenvalue weighted by Gasteiger charge is 2.54. The first-order chi connectivity index (χ1) is 10.6. The van der Waals surface area contributed by atoms with Crippen molar-refractivity contribution in [1.29, 1.82) is 0 Å². The van der Waals surface area contributed by atoms with Crippen LogP contribution in [0.4, 0.5) is 0 Å². The number of carbonyl (C=O) groups excluding carboxylic acids is 1. The summed E-state index contributed by atoms with van der Waals surface area (Å²) < 4.78 is 5.44. The van der Waals surface area contributed by atoms with Gasteiger partial charge in [0, 0.05) is 32.0 Å². The highest BCUT2D eigenvalue weighted by atomic mass is 16.5. The molecule has 2 atom stereocenters. The molecule has 2 saturated heterocycles. The third-order valence-corrected chi connectivity index (χ3v) is 5.98. The van der Waals surface area contributed by atoms with Gasteiger partial charge in [-0.2, -0.15) is 0 Å². The van der Waals surface area contributed by atoms with E-state index in [-0.39, 0.29) is 11.8 Å². The number of hydrogen-bond acceptors (Lipinski definition) is 3. The molecule has 0 radical (unpaired) electrons. The van der Waals surface area contributed by atoms with E-state index >= 15 is 0 Å². The molecule has 0 unspecified atom stereocenters. The molecule has 0 aromatic carbocycles. The Balaban J connectivity index is 1.56. The van der Waals surface area contributed by atoms with Crippen LogP contribution in [0.2, 0.25) is 0 Å². The molecule has 3 fully saturated rings. The van der Waals surface area contributed by atoms with E-state index in [1.54, 1.807) is 4.90 Å². The Bertz CT molecular complexity index is 432. The Labute approximate surface area is 132 Å². The number of ether oxygens (including phenoxy) is 1. The first-order valence-corrected chi connectivity index (χ1v) is 8.71. The molecule has 1 aliphatic carbocycles. The number of fused-ring (bicyclic) bond motifs is 1. The van der Waals surface area contributed by atoms with Gasteiger partial charge in [-0.1, -0.05) is 32.1 Å². The van der Waals surface area contributed by atoms with Crippen molar-refractivity contribution >= 4 is 11.9 Å². The van der Waals surface area contributed by atoms with Crippen LogP contribution in [0.1, 0.15) is 51.4 Å². The van der Waals surface area contributed by atoms with Gasteiger partial charge >= 0.3 is 5.97 Å². The Hall–Kier alpha value is -1.10. The number of rotatable bonds is 4. The van der Waals surface area contributed by atoms with Gasteiger partial charge in [-0.15, -0.1) is 0 Å². The number of nitrogens with zero attached hydrogens (tertiary/aromatic N) is 1. The summed E-state index contributed by atoms with van der Waals surface area (Å²) in [6.07, 6.45) is 8.50. The smallest absolute Gasteiger partial charge is 0.311 e. The third kappa shape index (κ3) is 3.00. The van der Waals surface area contributed by atoms with Crippen LogP contribution in [-0.2, 0) is 14.3 Å². The van der Waals surface area contributed by atoms with Crippen molar-refractivity contribution < 1.29 is 19.4 Å². The lowest BCUT2D eigenvalue weighted by molar-refractivity contribution is -0.157. The maximum absolute atomic E-state index is 12.5. The molecule has 2 heterocycles. The summed E-state index contributed by atoms with van der Waals surface area (Å²) in [5.41, 5.74) is -0.765. The summed E-state index contributed by atoms with van der Waals surface area (Å²) in [6.45, 7) is 1.89. The number of hydrogen-bond donors (Lipinski definition) is 1. The zero-order valence-corrected chi connectivity index (χ0v) is 13.3. The number of carboxylic acids is 1. The number of aliphatic carboxylic acids is 1. The van der Waals surface area contributed by atoms with Crippen LogP contribution >= 0.6 is 0 Å². The summed E-state index contributed by atoms with van der Waals surface area (Å²) in [5, 5.41) is 9.64.